The van der Waals surface area contributed by atoms with Crippen LogP contribution in [0.5, 0.6) is 0 Å². The zero-order valence-electron chi connectivity index (χ0n) is 13.3. The lowest BCUT2D eigenvalue weighted by Crippen LogP contribution is -2.48. The minimum Gasteiger partial charge on any atom is -0.312 e. The molecule has 0 aromatic carbocycles. The largest absolute Gasteiger partial charge is 0.312 e. The molecule has 1 atom stereocenters. The van der Waals surface area contributed by atoms with Crippen molar-refractivity contribution in [3.05, 3.63) is 0 Å². The predicted molar refractivity (Wildman–Crippen MR) is 81.0 cm³/mol. The standard InChI is InChI=1S/C16H34N2/c1-6-15(7-2)17-13-14(4)18-11-9-16(5,8-3)10-12-18/h14-15,17H,6-13H2,1-5H3. The fraction of sp³-hybridized carbons (Fsp3) is 1.00. The van der Waals surface area contributed by atoms with Crippen molar-refractivity contribution in [2.24, 2.45) is 5.41 Å². The van der Waals surface area contributed by atoms with Gasteiger partial charge in [0.25, 0.3) is 0 Å². The van der Waals surface area contributed by atoms with Crippen molar-refractivity contribution in [3.8, 4) is 0 Å². The van der Waals surface area contributed by atoms with Crippen LogP contribution in [0.15, 0.2) is 0 Å². The van der Waals surface area contributed by atoms with Crippen molar-refractivity contribution < 1.29 is 0 Å². The minimum absolute atomic E-state index is 0.610. The van der Waals surface area contributed by atoms with Gasteiger partial charge in [-0.15, -0.1) is 0 Å². The van der Waals surface area contributed by atoms with E-state index in [1.165, 1.54) is 45.2 Å². The van der Waals surface area contributed by atoms with Crippen LogP contribution < -0.4 is 5.32 Å². The smallest absolute Gasteiger partial charge is 0.0192 e. The van der Waals surface area contributed by atoms with Gasteiger partial charge in [-0.1, -0.05) is 34.1 Å². The molecule has 2 nitrogen and oxygen atoms in total. The van der Waals surface area contributed by atoms with Gasteiger partial charge in [0.2, 0.25) is 0 Å². The molecule has 0 aromatic rings. The molecular formula is C16H34N2. The van der Waals surface area contributed by atoms with Crippen LogP contribution in [0.1, 0.15) is 66.7 Å². The summed E-state index contributed by atoms with van der Waals surface area (Å²) in [6.45, 7) is 15.5. The quantitative estimate of drug-likeness (QED) is 0.746. The Bertz CT molecular complexity index is 215. The van der Waals surface area contributed by atoms with E-state index in [9.17, 15) is 0 Å². The van der Waals surface area contributed by atoms with Crippen LogP contribution in [0.2, 0.25) is 0 Å². The predicted octanol–water partition coefficient (Wildman–Crippen LogP) is 3.67. The van der Waals surface area contributed by atoms with Gasteiger partial charge < -0.3 is 5.32 Å². The van der Waals surface area contributed by atoms with Gasteiger partial charge in [-0.05, 0) is 51.1 Å². The van der Waals surface area contributed by atoms with Gasteiger partial charge in [0, 0.05) is 18.6 Å². The molecule has 1 heterocycles. The normalized spacial score (nSPS) is 22.3. The second-order valence-electron chi connectivity index (χ2n) is 6.47. The van der Waals surface area contributed by atoms with E-state index in [1.807, 2.05) is 0 Å². The first-order valence-electron chi connectivity index (χ1n) is 8.02. The summed E-state index contributed by atoms with van der Waals surface area (Å²) in [5.41, 5.74) is 0.610. The lowest BCUT2D eigenvalue weighted by molar-refractivity contribution is 0.0849. The van der Waals surface area contributed by atoms with E-state index >= 15 is 0 Å². The maximum Gasteiger partial charge on any atom is 0.0192 e. The molecular weight excluding hydrogens is 220 g/mol. The summed E-state index contributed by atoms with van der Waals surface area (Å²) in [5.74, 6) is 0. The minimum atomic E-state index is 0.610. The number of hydrogen-bond donors (Lipinski definition) is 1. The van der Waals surface area contributed by atoms with Gasteiger partial charge in [0.1, 0.15) is 0 Å². The topological polar surface area (TPSA) is 15.3 Å². The highest BCUT2D eigenvalue weighted by molar-refractivity contribution is 4.84. The maximum absolute atomic E-state index is 3.71. The van der Waals surface area contributed by atoms with E-state index in [1.54, 1.807) is 0 Å². The molecule has 0 aromatic heterocycles. The Balaban J connectivity index is 2.29. The van der Waals surface area contributed by atoms with Crippen LogP contribution in [0.25, 0.3) is 0 Å². The summed E-state index contributed by atoms with van der Waals surface area (Å²) >= 11 is 0. The van der Waals surface area contributed by atoms with E-state index in [0.717, 1.165) is 6.54 Å². The molecule has 1 rings (SSSR count). The molecule has 1 aliphatic heterocycles. The van der Waals surface area contributed by atoms with Crippen LogP contribution in [0, 0.1) is 5.41 Å². The Labute approximate surface area is 115 Å². The lowest BCUT2D eigenvalue weighted by atomic mass is 9.78. The first-order chi connectivity index (χ1) is 8.54. The lowest BCUT2D eigenvalue weighted by Gasteiger charge is -2.41. The molecule has 1 saturated heterocycles. The summed E-state index contributed by atoms with van der Waals surface area (Å²) < 4.78 is 0. The van der Waals surface area contributed by atoms with E-state index in [4.69, 9.17) is 0 Å². The van der Waals surface area contributed by atoms with Gasteiger partial charge in [-0.2, -0.15) is 0 Å². The van der Waals surface area contributed by atoms with Crippen LogP contribution >= 0.6 is 0 Å². The zero-order valence-corrected chi connectivity index (χ0v) is 13.3. The van der Waals surface area contributed by atoms with Gasteiger partial charge >= 0.3 is 0 Å². The van der Waals surface area contributed by atoms with Gasteiger partial charge in [0.15, 0.2) is 0 Å². The van der Waals surface area contributed by atoms with E-state index < -0.39 is 0 Å². The van der Waals surface area contributed by atoms with Crippen molar-refractivity contribution in [3.63, 3.8) is 0 Å². The summed E-state index contributed by atoms with van der Waals surface area (Å²) in [6, 6.07) is 1.39. The van der Waals surface area contributed by atoms with E-state index in [-0.39, 0.29) is 0 Å². The molecule has 108 valence electrons. The van der Waals surface area contributed by atoms with Crippen LogP contribution in [-0.4, -0.2) is 36.6 Å². The molecule has 18 heavy (non-hydrogen) atoms. The van der Waals surface area contributed by atoms with E-state index in [2.05, 4.69) is 44.8 Å². The number of nitrogens with one attached hydrogen (secondary N) is 1. The Hall–Kier alpha value is -0.0800. The number of nitrogens with zero attached hydrogens (tertiary/aromatic N) is 1. The SMILES string of the molecule is CCC(CC)NCC(C)N1CCC(C)(CC)CC1. The monoisotopic (exact) mass is 254 g/mol. The van der Waals surface area contributed by atoms with Gasteiger partial charge in [-0.3, -0.25) is 4.90 Å². The molecule has 2 heteroatoms. The Morgan fingerprint density at radius 2 is 1.67 bits per heavy atom. The summed E-state index contributed by atoms with van der Waals surface area (Å²) in [7, 11) is 0. The summed E-state index contributed by atoms with van der Waals surface area (Å²) in [4.78, 5) is 2.67. The second-order valence-corrected chi connectivity index (χ2v) is 6.47. The fourth-order valence-corrected chi connectivity index (χ4v) is 2.90. The van der Waals surface area contributed by atoms with Crippen molar-refractivity contribution in [2.45, 2.75) is 78.8 Å². The molecule has 1 N–H and O–H groups in total. The molecule has 1 fully saturated rings. The third-order valence-electron chi connectivity index (χ3n) is 5.17. The average molecular weight is 254 g/mol. The van der Waals surface area contributed by atoms with Crippen LogP contribution in [0.4, 0.5) is 0 Å². The molecule has 0 amide bonds. The summed E-state index contributed by atoms with van der Waals surface area (Å²) in [6.07, 6.45) is 6.58. The molecule has 1 aliphatic rings. The third kappa shape index (κ3) is 4.55. The maximum atomic E-state index is 3.71. The summed E-state index contributed by atoms with van der Waals surface area (Å²) in [5, 5.41) is 3.71. The van der Waals surface area contributed by atoms with Crippen LogP contribution in [0.3, 0.4) is 0 Å². The van der Waals surface area contributed by atoms with Gasteiger partial charge in [-0.25, -0.2) is 0 Å². The Morgan fingerprint density at radius 1 is 1.11 bits per heavy atom. The molecule has 0 saturated carbocycles. The fourth-order valence-electron chi connectivity index (χ4n) is 2.90. The molecule has 0 spiro atoms. The number of hydrogen-bond acceptors (Lipinski definition) is 2. The van der Waals surface area contributed by atoms with Crippen molar-refractivity contribution in [2.75, 3.05) is 19.6 Å². The van der Waals surface area contributed by atoms with Crippen molar-refractivity contribution >= 4 is 0 Å². The third-order valence-corrected chi connectivity index (χ3v) is 5.17. The highest BCUT2D eigenvalue weighted by Gasteiger charge is 2.29. The Kier molecular flexibility index (Phi) is 6.65. The van der Waals surface area contributed by atoms with E-state index in [0.29, 0.717) is 17.5 Å². The molecule has 0 aliphatic carbocycles. The number of rotatable bonds is 7. The zero-order chi connectivity index (χ0) is 13.6. The van der Waals surface area contributed by atoms with Crippen molar-refractivity contribution in [1.82, 2.24) is 10.2 Å². The van der Waals surface area contributed by atoms with Crippen LogP contribution in [-0.2, 0) is 0 Å². The Morgan fingerprint density at radius 3 is 2.11 bits per heavy atom. The molecule has 0 radical (unpaired) electrons. The first-order valence-corrected chi connectivity index (χ1v) is 8.02. The highest BCUT2D eigenvalue weighted by Crippen LogP contribution is 2.34. The highest BCUT2D eigenvalue weighted by atomic mass is 15.2. The first kappa shape index (κ1) is 16.0. The average Bonchev–Trinajstić information content (AvgIpc) is 2.40. The molecule has 0 bridgehead atoms. The number of likely N-dealkylation sites (tertiary alicyclic amines) is 1. The van der Waals surface area contributed by atoms with Gasteiger partial charge in [0.05, 0.1) is 0 Å². The van der Waals surface area contributed by atoms with Crippen molar-refractivity contribution in [1.29, 1.82) is 0 Å². The molecule has 1 unspecified atom stereocenters. The number of piperidine rings is 1. The second kappa shape index (κ2) is 7.49.